The van der Waals surface area contributed by atoms with Crippen molar-refractivity contribution in [2.45, 2.75) is 39.2 Å². The van der Waals surface area contributed by atoms with Gasteiger partial charge in [-0.3, -0.25) is 4.68 Å². The minimum absolute atomic E-state index is 0.0104. The summed E-state index contributed by atoms with van der Waals surface area (Å²) in [4.78, 5) is 10.7. The molecular formula is C10H16N2O2. The highest BCUT2D eigenvalue weighted by atomic mass is 16.4. The first-order valence-corrected chi connectivity index (χ1v) is 4.60. The Kier molecular flexibility index (Phi) is 2.64. The monoisotopic (exact) mass is 196 g/mol. The Bertz CT molecular complexity index is 336. The molecule has 1 aromatic heterocycles. The van der Waals surface area contributed by atoms with Crippen LogP contribution in [0.2, 0.25) is 0 Å². The molecule has 0 aromatic carbocycles. The van der Waals surface area contributed by atoms with Crippen molar-refractivity contribution < 1.29 is 9.90 Å². The van der Waals surface area contributed by atoms with Crippen LogP contribution < -0.4 is 0 Å². The van der Waals surface area contributed by atoms with E-state index < -0.39 is 12.0 Å². The molecule has 0 amide bonds. The van der Waals surface area contributed by atoms with Gasteiger partial charge in [-0.15, -0.1) is 0 Å². The second kappa shape index (κ2) is 3.44. The molecule has 0 aliphatic heterocycles. The fourth-order valence-electron chi connectivity index (χ4n) is 1.05. The van der Waals surface area contributed by atoms with Crippen molar-refractivity contribution in [3.8, 4) is 0 Å². The molecule has 1 atom stereocenters. The Morgan fingerprint density at radius 2 is 2.14 bits per heavy atom. The second-order valence-corrected chi connectivity index (χ2v) is 4.47. The van der Waals surface area contributed by atoms with Crippen LogP contribution in [0.5, 0.6) is 0 Å². The van der Waals surface area contributed by atoms with E-state index in [-0.39, 0.29) is 5.41 Å². The lowest BCUT2D eigenvalue weighted by atomic mass is 9.90. The summed E-state index contributed by atoms with van der Waals surface area (Å²) in [6.07, 6.45) is 3.51. The molecule has 0 saturated heterocycles. The Morgan fingerprint density at radius 1 is 1.57 bits per heavy atom. The Balaban J connectivity index is 2.94. The van der Waals surface area contributed by atoms with E-state index in [0.717, 1.165) is 5.56 Å². The van der Waals surface area contributed by atoms with Gasteiger partial charge in [-0.25, -0.2) is 4.79 Å². The van der Waals surface area contributed by atoms with E-state index in [2.05, 4.69) is 25.9 Å². The van der Waals surface area contributed by atoms with E-state index in [1.807, 2.05) is 0 Å². The van der Waals surface area contributed by atoms with Crippen LogP contribution in [0.15, 0.2) is 12.4 Å². The molecule has 1 rings (SSSR count). The SMILES string of the molecule is CC(C(=O)O)n1cc(C(C)(C)C)cn1. The third-order valence-corrected chi connectivity index (χ3v) is 2.22. The van der Waals surface area contributed by atoms with E-state index in [9.17, 15) is 4.79 Å². The summed E-state index contributed by atoms with van der Waals surface area (Å²) in [5.74, 6) is -0.867. The first kappa shape index (κ1) is 10.8. The molecule has 0 radical (unpaired) electrons. The zero-order valence-corrected chi connectivity index (χ0v) is 8.98. The molecule has 4 heteroatoms. The van der Waals surface area contributed by atoms with E-state index in [1.165, 1.54) is 4.68 Å². The lowest BCUT2D eigenvalue weighted by molar-refractivity contribution is -0.140. The zero-order valence-electron chi connectivity index (χ0n) is 8.98. The molecule has 1 heterocycles. The topological polar surface area (TPSA) is 55.1 Å². The fourth-order valence-corrected chi connectivity index (χ4v) is 1.05. The minimum atomic E-state index is -0.867. The molecule has 14 heavy (non-hydrogen) atoms. The summed E-state index contributed by atoms with van der Waals surface area (Å²) >= 11 is 0. The first-order chi connectivity index (χ1) is 6.32. The highest BCUT2D eigenvalue weighted by Crippen LogP contribution is 2.22. The fraction of sp³-hybridized carbons (Fsp3) is 0.600. The number of hydrogen-bond acceptors (Lipinski definition) is 2. The number of carboxylic acid groups (broad SMARTS) is 1. The Labute approximate surface area is 83.5 Å². The molecule has 1 unspecified atom stereocenters. The van der Waals surface area contributed by atoms with Gasteiger partial charge in [0.25, 0.3) is 0 Å². The van der Waals surface area contributed by atoms with Crippen molar-refractivity contribution in [3.05, 3.63) is 18.0 Å². The third kappa shape index (κ3) is 2.13. The van der Waals surface area contributed by atoms with Crippen molar-refractivity contribution in [2.24, 2.45) is 0 Å². The summed E-state index contributed by atoms with van der Waals surface area (Å²) in [5, 5.41) is 12.8. The average molecular weight is 196 g/mol. The summed E-state index contributed by atoms with van der Waals surface area (Å²) in [5.41, 5.74) is 1.06. The van der Waals surface area contributed by atoms with Crippen LogP contribution in [-0.2, 0) is 10.2 Å². The largest absolute Gasteiger partial charge is 0.480 e. The highest BCUT2D eigenvalue weighted by molar-refractivity contribution is 5.71. The van der Waals surface area contributed by atoms with Crippen molar-refractivity contribution in [3.63, 3.8) is 0 Å². The van der Waals surface area contributed by atoms with Crippen LogP contribution >= 0.6 is 0 Å². The molecule has 78 valence electrons. The van der Waals surface area contributed by atoms with Crippen LogP contribution in [0.4, 0.5) is 0 Å². The van der Waals surface area contributed by atoms with Crippen LogP contribution in [0.1, 0.15) is 39.3 Å². The summed E-state index contributed by atoms with van der Waals surface area (Å²) in [6.45, 7) is 7.82. The van der Waals surface area contributed by atoms with Crippen molar-refractivity contribution in [1.29, 1.82) is 0 Å². The maximum Gasteiger partial charge on any atom is 0.328 e. The number of aliphatic carboxylic acids is 1. The van der Waals surface area contributed by atoms with Gasteiger partial charge in [-0.1, -0.05) is 20.8 Å². The molecule has 0 aliphatic rings. The molecule has 0 spiro atoms. The quantitative estimate of drug-likeness (QED) is 0.785. The van der Waals surface area contributed by atoms with Gasteiger partial charge in [0, 0.05) is 6.20 Å². The van der Waals surface area contributed by atoms with E-state index in [4.69, 9.17) is 5.11 Å². The van der Waals surface area contributed by atoms with E-state index in [1.54, 1.807) is 19.3 Å². The molecule has 0 bridgehead atoms. The average Bonchev–Trinajstić information content (AvgIpc) is 2.49. The van der Waals surface area contributed by atoms with Gasteiger partial charge >= 0.3 is 5.97 Å². The molecule has 1 aromatic rings. The number of nitrogens with zero attached hydrogens (tertiary/aromatic N) is 2. The van der Waals surface area contributed by atoms with Gasteiger partial charge in [0.2, 0.25) is 0 Å². The minimum Gasteiger partial charge on any atom is -0.480 e. The highest BCUT2D eigenvalue weighted by Gasteiger charge is 2.19. The van der Waals surface area contributed by atoms with E-state index >= 15 is 0 Å². The number of rotatable bonds is 2. The van der Waals surface area contributed by atoms with Crippen molar-refractivity contribution in [2.75, 3.05) is 0 Å². The van der Waals surface area contributed by atoms with Gasteiger partial charge in [0.05, 0.1) is 6.20 Å². The number of aromatic nitrogens is 2. The summed E-state index contributed by atoms with van der Waals surface area (Å²) < 4.78 is 1.48. The maximum absolute atomic E-state index is 10.7. The van der Waals surface area contributed by atoms with Gasteiger partial charge in [0.15, 0.2) is 0 Å². The third-order valence-electron chi connectivity index (χ3n) is 2.22. The molecule has 4 nitrogen and oxygen atoms in total. The Hall–Kier alpha value is -1.32. The molecule has 0 aliphatic carbocycles. The normalized spacial score (nSPS) is 14.0. The predicted molar refractivity (Wildman–Crippen MR) is 53.3 cm³/mol. The number of carboxylic acids is 1. The second-order valence-electron chi connectivity index (χ2n) is 4.47. The maximum atomic E-state index is 10.7. The van der Waals surface area contributed by atoms with Gasteiger partial charge in [0.1, 0.15) is 6.04 Å². The summed E-state index contributed by atoms with van der Waals surface area (Å²) in [7, 11) is 0. The van der Waals surface area contributed by atoms with E-state index in [0.29, 0.717) is 0 Å². The Morgan fingerprint density at radius 3 is 2.50 bits per heavy atom. The zero-order chi connectivity index (χ0) is 10.9. The molecule has 0 fully saturated rings. The first-order valence-electron chi connectivity index (χ1n) is 4.60. The van der Waals surface area contributed by atoms with Gasteiger partial charge in [-0.05, 0) is 17.9 Å². The van der Waals surface area contributed by atoms with Gasteiger partial charge < -0.3 is 5.11 Å². The number of carbonyl (C=O) groups is 1. The van der Waals surface area contributed by atoms with Crippen LogP contribution in [-0.4, -0.2) is 20.9 Å². The van der Waals surface area contributed by atoms with Crippen molar-refractivity contribution in [1.82, 2.24) is 9.78 Å². The van der Waals surface area contributed by atoms with Crippen molar-refractivity contribution >= 4 is 5.97 Å². The lowest BCUT2D eigenvalue weighted by Gasteiger charge is -2.15. The number of hydrogen-bond donors (Lipinski definition) is 1. The standard InChI is InChI=1S/C10H16N2O2/c1-7(9(13)14)12-6-8(5-11-12)10(2,3)4/h5-7H,1-4H3,(H,13,14). The smallest absolute Gasteiger partial charge is 0.328 e. The molecule has 0 saturated carbocycles. The van der Waals surface area contributed by atoms with Crippen LogP contribution in [0.3, 0.4) is 0 Å². The lowest BCUT2D eigenvalue weighted by Crippen LogP contribution is -2.16. The summed E-state index contributed by atoms with van der Waals surface area (Å²) in [6, 6.07) is -0.605. The molecule has 1 N–H and O–H groups in total. The van der Waals surface area contributed by atoms with Crippen LogP contribution in [0, 0.1) is 0 Å². The van der Waals surface area contributed by atoms with Gasteiger partial charge in [-0.2, -0.15) is 5.10 Å². The van der Waals surface area contributed by atoms with Crippen LogP contribution in [0.25, 0.3) is 0 Å². The molecular weight excluding hydrogens is 180 g/mol. The predicted octanol–water partition coefficient (Wildman–Crippen LogP) is 1.83.